The molecule has 0 aliphatic rings. The van der Waals surface area contributed by atoms with Gasteiger partial charge in [-0.25, -0.2) is 4.79 Å². The molecule has 0 heterocycles. The number of carbonyl (C=O) groups is 3. The van der Waals surface area contributed by atoms with Crippen molar-refractivity contribution in [1.82, 2.24) is 5.32 Å². The molecule has 1 amide bonds. The Morgan fingerprint density at radius 1 is 1.03 bits per heavy atom. The Morgan fingerprint density at radius 2 is 1.67 bits per heavy atom. The number of non-ortho nitro benzene ring substituents is 2. The molecule has 0 aliphatic carbocycles. The highest BCUT2D eigenvalue weighted by Crippen LogP contribution is 2.27. The summed E-state index contributed by atoms with van der Waals surface area (Å²) in [5.74, 6) is -3.97. The molecule has 33 heavy (non-hydrogen) atoms. The Hall–Kier alpha value is -4.35. The number of hydrogen-bond acceptors (Lipinski definition) is 8. The van der Waals surface area contributed by atoms with Gasteiger partial charge in [0.25, 0.3) is 11.4 Å². The molecule has 2 aromatic rings. The van der Waals surface area contributed by atoms with E-state index in [-0.39, 0.29) is 30.0 Å². The van der Waals surface area contributed by atoms with Crippen molar-refractivity contribution in [2.75, 3.05) is 6.61 Å². The van der Waals surface area contributed by atoms with Crippen LogP contribution in [0.1, 0.15) is 30.4 Å². The monoisotopic (exact) mass is 459 g/mol. The summed E-state index contributed by atoms with van der Waals surface area (Å²) >= 11 is 0. The lowest BCUT2D eigenvalue weighted by molar-refractivity contribution is -0.385. The van der Waals surface area contributed by atoms with Gasteiger partial charge in [0, 0.05) is 30.2 Å². The second kappa shape index (κ2) is 11.3. The van der Waals surface area contributed by atoms with Gasteiger partial charge < -0.3 is 15.2 Å². The first kappa shape index (κ1) is 24.9. The zero-order valence-corrected chi connectivity index (χ0v) is 17.5. The lowest BCUT2D eigenvalue weighted by Crippen LogP contribution is -2.46. The summed E-state index contributed by atoms with van der Waals surface area (Å²) in [6.45, 7) is 1.64. The number of nitro benzene ring substituents is 2. The van der Waals surface area contributed by atoms with Gasteiger partial charge in [0.15, 0.2) is 0 Å². The van der Waals surface area contributed by atoms with Crippen molar-refractivity contribution in [3.8, 4) is 0 Å². The standard InChI is InChI=1S/C21H21N3O9/c1-2-33-19(26)12-17(14-6-8-15(9-7-14)23(29)30)20(21(27)28)22-18(25)11-13-4-3-5-16(10-13)24(31)32/h3-10,17,20H,2,11-12H2,1H3,(H,22,25)(H,27,28)/t17-,20+/m1/s1. The van der Waals surface area contributed by atoms with E-state index < -0.39 is 46.1 Å². The quantitative estimate of drug-likeness (QED) is 0.290. The number of esters is 1. The minimum Gasteiger partial charge on any atom is -0.480 e. The number of nitrogens with zero attached hydrogens (tertiary/aromatic N) is 2. The molecule has 0 unspecified atom stereocenters. The first-order chi connectivity index (χ1) is 15.6. The normalized spacial score (nSPS) is 12.3. The molecule has 0 spiro atoms. The third-order valence-electron chi connectivity index (χ3n) is 4.69. The lowest BCUT2D eigenvalue weighted by atomic mass is 9.88. The molecule has 2 rings (SSSR count). The van der Waals surface area contributed by atoms with Crippen LogP contribution in [0.25, 0.3) is 0 Å². The van der Waals surface area contributed by atoms with E-state index >= 15 is 0 Å². The first-order valence-electron chi connectivity index (χ1n) is 9.77. The van der Waals surface area contributed by atoms with Crippen molar-refractivity contribution < 1.29 is 34.1 Å². The van der Waals surface area contributed by atoms with Crippen LogP contribution >= 0.6 is 0 Å². The minimum absolute atomic E-state index is 0.0582. The summed E-state index contributed by atoms with van der Waals surface area (Å²) < 4.78 is 4.91. The second-order valence-corrected chi connectivity index (χ2v) is 6.95. The summed E-state index contributed by atoms with van der Waals surface area (Å²) in [5, 5.41) is 33.9. The zero-order valence-electron chi connectivity index (χ0n) is 17.5. The maximum Gasteiger partial charge on any atom is 0.326 e. The predicted molar refractivity (Wildman–Crippen MR) is 113 cm³/mol. The molecular weight excluding hydrogens is 438 g/mol. The summed E-state index contributed by atoms with van der Waals surface area (Å²) in [7, 11) is 0. The molecule has 0 saturated carbocycles. The highest BCUT2D eigenvalue weighted by molar-refractivity contribution is 5.86. The van der Waals surface area contributed by atoms with E-state index in [1.165, 1.54) is 36.4 Å². The van der Waals surface area contributed by atoms with Crippen LogP contribution in [0.5, 0.6) is 0 Å². The number of amides is 1. The molecule has 12 nitrogen and oxygen atoms in total. The molecule has 12 heteroatoms. The molecule has 0 bridgehead atoms. The van der Waals surface area contributed by atoms with Gasteiger partial charge in [-0.3, -0.25) is 29.8 Å². The molecule has 2 atom stereocenters. The molecule has 0 saturated heterocycles. The van der Waals surface area contributed by atoms with Crippen LogP contribution in [0, 0.1) is 20.2 Å². The molecule has 174 valence electrons. The van der Waals surface area contributed by atoms with Gasteiger partial charge in [0.05, 0.1) is 29.3 Å². The number of nitro groups is 2. The van der Waals surface area contributed by atoms with Gasteiger partial charge in [-0.2, -0.15) is 0 Å². The van der Waals surface area contributed by atoms with Crippen LogP contribution < -0.4 is 5.32 Å². The molecule has 0 radical (unpaired) electrons. The fourth-order valence-electron chi connectivity index (χ4n) is 3.20. The van der Waals surface area contributed by atoms with E-state index in [0.717, 1.165) is 12.1 Å². The van der Waals surface area contributed by atoms with E-state index in [1.807, 2.05) is 0 Å². The average Bonchev–Trinajstić information content (AvgIpc) is 2.76. The van der Waals surface area contributed by atoms with Gasteiger partial charge in [0.1, 0.15) is 6.04 Å². The van der Waals surface area contributed by atoms with Crippen LogP contribution in [0.4, 0.5) is 11.4 Å². The maximum atomic E-state index is 12.5. The fraction of sp³-hybridized carbons (Fsp3) is 0.286. The molecule has 0 aliphatic heterocycles. The van der Waals surface area contributed by atoms with Crippen molar-refractivity contribution in [2.45, 2.75) is 31.7 Å². The van der Waals surface area contributed by atoms with Crippen molar-refractivity contribution >= 4 is 29.2 Å². The Balaban J connectivity index is 2.30. The fourth-order valence-corrected chi connectivity index (χ4v) is 3.20. The Labute approximate surface area is 187 Å². The highest BCUT2D eigenvalue weighted by Gasteiger charge is 2.33. The Kier molecular flexibility index (Phi) is 8.55. The van der Waals surface area contributed by atoms with Gasteiger partial charge in [-0.1, -0.05) is 24.3 Å². The van der Waals surface area contributed by atoms with Gasteiger partial charge in [-0.15, -0.1) is 0 Å². The summed E-state index contributed by atoms with van der Waals surface area (Å²) in [6.07, 6.45) is -0.739. The number of aliphatic carboxylic acids is 1. The van der Waals surface area contributed by atoms with Gasteiger partial charge in [0.2, 0.25) is 5.91 Å². The van der Waals surface area contributed by atoms with Crippen LogP contribution in [0.2, 0.25) is 0 Å². The largest absolute Gasteiger partial charge is 0.480 e. The van der Waals surface area contributed by atoms with E-state index in [1.54, 1.807) is 6.92 Å². The average molecular weight is 459 g/mol. The van der Waals surface area contributed by atoms with Gasteiger partial charge >= 0.3 is 11.9 Å². The van der Waals surface area contributed by atoms with Gasteiger partial charge in [-0.05, 0) is 18.1 Å². The lowest BCUT2D eigenvalue weighted by Gasteiger charge is -2.25. The van der Waals surface area contributed by atoms with E-state index in [4.69, 9.17) is 4.74 Å². The number of carboxylic acid groups (broad SMARTS) is 1. The zero-order chi connectivity index (χ0) is 24.5. The number of ether oxygens (including phenoxy) is 1. The van der Waals surface area contributed by atoms with E-state index in [9.17, 15) is 39.7 Å². The minimum atomic E-state index is -1.57. The number of nitrogens with one attached hydrogen (secondary N) is 1. The van der Waals surface area contributed by atoms with Crippen molar-refractivity contribution in [3.63, 3.8) is 0 Å². The predicted octanol–water partition coefficient (Wildman–Crippen LogP) is 2.35. The molecule has 2 aromatic carbocycles. The Bertz CT molecular complexity index is 1050. The van der Waals surface area contributed by atoms with Crippen LogP contribution in [-0.4, -0.2) is 45.4 Å². The summed E-state index contributed by atoms with van der Waals surface area (Å²) in [5.41, 5.74) is 0.121. The molecule has 2 N–H and O–H groups in total. The number of carboxylic acids is 1. The second-order valence-electron chi connectivity index (χ2n) is 6.95. The molecular formula is C21H21N3O9. The van der Waals surface area contributed by atoms with Crippen molar-refractivity contribution in [2.24, 2.45) is 0 Å². The van der Waals surface area contributed by atoms with Crippen molar-refractivity contribution in [1.29, 1.82) is 0 Å². The third-order valence-corrected chi connectivity index (χ3v) is 4.69. The number of carbonyl (C=O) groups excluding carboxylic acids is 2. The van der Waals surface area contributed by atoms with Crippen LogP contribution in [0.3, 0.4) is 0 Å². The van der Waals surface area contributed by atoms with Crippen LogP contribution in [-0.2, 0) is 25.5 Å². The SMILES string of the molecule is CCOC(=O)C[C@H](c1ccc([N+](=O)[O-])cc1)[C@H](NC(=O)Cc1cccc([N+](=O)[O-])c1)C(=O)O. The number of hydrogen-bond donors (Lipinski definition) is 2. The summed E-state index contributed by atoms with van der Waals surface area (Å²) in [6, 6.07) is 8.71. The van der Waals surface area contributed by atoms with E-state index in [0.29, 0.717) is 5.56 Å². The topological polar surface area (TPSA) is 179 Å². The maximum absolute atomic E-state index is 12.5. The first-order valence-corrected chi connectivity index (χ1v) is 9.77. The van der Waals surface area contributed by atoms with Crippen molar-refractivity contribution in [3.05, 3.63) is 79.9 Å². The number of rotatable bonds is 11. The number of benzene rings is 2. The molecule has 0 aromatic heterocycles. The third kappa shape index (κ3) is 7.09. The highest BCUT2D eigenvalue weighted by atomic mass is 16.6. The Morgan fingerprint density at radius 3 is 2.21 bits per heavy atom. The smallest absolute Gasteiger partial charge is 0.326 e. The molecule has 0 fully saturated rings. The van der Waals surface area contributed by atoms with Crippen LogP contribution in [0.15, 0.2) is 48.5 Å². The summed E-state index contributed by atoms with van der Waals surface area (Å²) in [4.78, 5) is 57.2. The van der Waals surface area contributed by atoms with E-state index in [2.05, 4.69) is 5.32 Å².